The Bertz CT molecular complexity index is 177. The van der Waals surface area contributed by atoms with Crippen molar-refractivity contribution in [2.24, 2.45) is 0 Å². The predicted molar refractivity (Wildman–Crippen MR) is 49.4 cm³/mol. The maximum Gasteiger partial charge on any atom is 0.00557 e. The summed E-state index contributed by atoms with van der Waals surface area (Å²) in [5, 5.41) is 0. The minimum atomic E-state index is 1.19. The van der Waals surface area contributed by atoms with E-state index >= 15 is 0 Å². The van der Waals surface area contributed by atoms with E-state index in [0.29, 0.717) is 0 Å². The van der Waals surface area contributed by atoms with Crippen molar-refractivity contribution in [3.8, 4) is 0 Å². The van der Waals surface area contributed by atoms with E-state index in [-0.39, 0.29) is 0 Å². The SMILES string of the molecule is C=C1CCCC/C1=C/N(C)C. The van der Waals surface area contributed by atoms with Crippen LogP contribution in [-0.4, -0.2) is 19.0 Å². The van der Waals surface area contributed by atoms with Gasteiger partial charge >= 0.3 is 0 Å². The van der Waals surface area contributed by atoms with Gasteiger partial charge in [-0.2, -0.15) is 0 Å². The highest BCUT2D eigenvalue weighted by atomic mass is 15.0. The Kier molecular flexibility index (Phi) is 2.75. The van der Waals surface area contributed by atoms with Crippen LogP contribution in [0.3, 0.4) is 0 Å². The highest BCUT2D eigenvalue weighted by molar-refractivity contribution is 5.29. The second-order valence-electron chi connectivity index (χ2n) is 3.43. The summed E-state index contributed by atoms with van der Waals surface area (Å²) in [6.07, 6.45) is 7.26. The first-order valence-electron chi connectivity index (χ1n) is 4.25. The summed E-state index contributed by atoms with van der Waals surface area (Å²) in [6.45, 7) is 4.05. The zero-order valence-electron chi connectivity index (χ0n) is 7.56. The monoisotopic (exact) mass is 151 g/mol. The molecule has 0 aromatic carbocycles. The van der Waals surface area contributed by atoms with E-state index in [1.807, 2.05) is 0 Å². The van der Waals surface area contributed by atoms with Crippen LogP contribution in [0, 0.1) is 0 Å². The molecule has 1 aliphatic carbocycles. The molecule has 0 unspecified atom stereocenters. The number of rotatable bonds is 1. The van der Waals surface area contributed by atoms with Crippen LogP contribution in [0.25, 0.3) is 0 Å². The summed E-state index contributed by atoms with van der Waals surface area (Å²) in [5.41, 5.74) is 2.78. The van der Waals surface area contributed by atoms with E-state index in [0.717, 1.165) is 0 Å². The van der Waals surface area contributed by atoms with Gasteiger partial charge in [-0.3, -0.25) is 0 Å². The van der Waals surface area contributed by atoms with Crippen LogP contribution < -0.4 is 0 Å². The van der Waals surface area contributed by atoms with Crippen LogP contribution in [0.1, 0.15) is 25.7 Å². The molecule has 0 radical (unpaired) electrons. The van der Waals surface area contributed by atoms with Gasteiger partial charge in [0.15, 0.2) is 0 Å². The Morgan fingerprint density at radius 2 is 1.91 bits per heavy atom. The van der Waals surface area contributed by atoms with Crippen LogP contribution in [-0.2, 0) is 0 Å². The molecule has 0 heterocycles. The summed E-state index contributed by atoms with van der Waals surface area (Å²) in [4.78, 5) is 2.10. The first-order chi connectivity index (χ1) is 5.20. The summed E-state index contributed by atoms with van der Waals surface area (Å²) < 4.78 is 0. The second-order valence-corrected chi connectivity index (χ2v) is 3.43. The topological polar surface area (TPSA) is 3.24 Å². The lowest BCUT2D eigenvalue weighted by Gasteiger charge is -2.18. The molecule has 62 valence electrons. The summed E-state index contributed by atoms with van der Waals surface area (Å²) in [7, 11) is 4.13. The molecule has 0 saturated heterocycles. The highest BCUT2D eigenvalue weighted by Crippen LogP contribution is 2.26. The van der Waals surface area contributed by atoms with Crippen molar-refractivity contribution < 1.29 is 0 Å². The first kappa shape index (κ1) is 8.38. The van der Waals surface area contributed by atoms with Gasteiger partial charge in [-0.1, -0.05) is 12.2 Å². The normalized spacial score (nSPS) is 22.4. The largest absolute Gasteiger partial charge is 0.383 e. The van der Waals surface area contributed by atoms with Crippen LogP contribution in [0.2, 0.25) is 0 Å². The van der Waals surface area contributed by atoms with E-state index in [2.05, 4.69) is 31.8 Å². The fraction of sp³-hybridized carbons (Fsp3) is 0.600. The van der Waals surface area contributed by atoms with E-state index in [1.54, 1.807) is 0 Å². The molecule has 0 aromatic heterocycles. The third-order valence-corrected chi connectivity index (χ3v) is 2.04. The molecule has 1 rings (SSSR count). The lowest BCUT2D eigenvalue weighted by molar-refractivity contribution is 0.547. The number of hydrogen-bond acceptors (Lipinski definition) is 1. The van der Waals surface area contributed by atoms with Crippen LogP contribution in [0.15, 0.2) is 23.9 Å². The highest BCUT2D eigenvalue weighted by Gasteiger charge is 2.08. The average Bonchev–Trinajstić information content (AvgIpc) is 1.93. The van der Waals surface area contributed by atoms with Crippen molar-refractivity contribution >= 4 is 0 Å². The van der Waals surface area contributed by atoms with Crippen molar-refractivity contribution in [1.82, 2.24) is 4.90 Å². The van der Waals surface area contributed by atoms with Gasteiger partial charge < -0.3 is 4.90 Å². The molecular weight excluding hydrogens is 134 g/mol. The minimum absolute atomic E-state index is 1.19. The number of nitrogens with zero attached hydrogens (tertiary/aromatic N) is 1. The summed E-state index contributed by atoms with van der Waals surface area (Å²) >= 11 is 0. The quantitative estimate of drug-likeness (QED) is 0.556. The Morgan fingerprint density at radius 3 is 2.45 bits per heavy atom. The van der Waals surface area contributed by atoms with Crippen LogP contribution in [0.5, 0.6) is 0 Å². The number of hydrogen-bond donors (Lipinski definition) is 0. The molecule has 0 bridgehead atoms. The molecule has 0 N–H and O–H groups in total. The average molecular weight is 151 g/mol. The van der Waals surface area contributed by atoms with E-state index in [4.69, 9.17) is 0 Å². The standard InChI is InChI=1S/C10H17N/c1-9-6-4-5-7-10(9)8-11(2)3/h8H,1,4-7H2,2-3H3/b10-8-. The van der Waals surface area contributed by atoms with Gasteiger partial charge in [0.1, 0.15) is 0 Å². The molecule has 1 nitrogen and oxygen atoms in total. The zero-order chi connectivity index (χ0) is 8.27. The molecule has 1 heteroatoms. The Balaban J connectivity index is 2.61. The van der Waals surface area contributed by atoms with Gasteiger partial charge in [-0.05, 0) is 31.3 Å². The van der Waals surface area contributed by atoms with E-state index < -0.39 is 0 Å². The lowest BCUT2D eigenvalue weighted by atomic mass is 9.91. The number of allylic oxidation sites excluding steroid dienone is 2. The second kappa shape index (κ2) is 3.61. The Hall–Kier alpha value is -0.720. The van der Waals surface area contributed by atoms with E-state index in [1.165, 1.54) is 36.8 Å². The molecular formula is C10H17N. The molecule has 1 aliphatic rings. The van der Waals surface area contributed by atoms with Gasteiger partial charge in [0, 0.05) is 20.3 Å². The van der Waals surface area contributed by atoms with Crippen molar-refractivity contribution in [3.63, 3.8) is 0 Å². The van der Waals surface area contributed by atoms with Gasteiger partial charge in [-0.15, -0.1) is 0 Å². The maximum absolute atomic E-state index is 4.05. The van der Waals surface area contributed by atoms with Gasteiger partial charge in [0.2, 0.25) is 0 Å². The van der Waals surface area contributed by atoms with Crippen LogP contribution in [0.4, 0.5) is 0 Å². The van der Waals surface area contributed by atoms with Gasteiger partial charge in [0.25, 0.3) is 0 Å². The molecule has 0 atom stereocenters. The third kappa shape index (κ3) is 2.41. The van der Waals surface area contributed by atoms with Crippen molar-refractivity contribution in [3.05, 3.63) is 23.9 Å². The van der Waals surface area contributed by atoms with Crippen molar-refractivity contribution in [2.45, 2.75) is 25.7 Å². The molecule has 1 fully saturated rings. The first-order valence-corrected chi connectivity index (χ1v) is 4.25. The van der Waals surface area contributed by atoms with E-state index in [9.17, 15) is 0 Å². The smallest absolute Gasteiger partial charge is 0.00557 e. The molecule has 0 aromatic rings. The van der Waals surface area contributed by atoms with Crippen LogP contribution >= 0.6 is 0 Å². The molecule has 0 amide bonds. The van der Waals surface area contributed by atoms with Gasteiger partial charge in [0.05, 0.1) is 0 Å². The summed E-state index contributed by atoms with van der Waals surface area (Å²) in [5.74, 6) is 0. The van der Waals surface area contributed by atoms with Gasteiger partial charge in [-0.25, -0.2) is 0 Å². The molecule has 0 aliphatic heterocycles. The fourth-order valence-electron chi connectivity index (χ4n) is 1.46. The fourth-order valence-corrected chi connectivity index (χ4v) is 1.46. The zero-order valence-corrected chi connectivity index (χ0v) is 7.56. The van der Waals surface area contributed by atoms with Crippen molar-refractivity contribution in [1.29, 1.82) is 0 Å². The Labute approximate surface area is 69.4 Å². The minimum Gasteiger partial charge on any atom is -0.383 e. The molecule has 11 heavy (non-hydrogen) atoms. The summed E-state index contributed by atoms with van der Waals surface area (Å²) in [6, 6.07) is 0. The third-order valence-electron chi connectivity index (χ3n) is 2.04. The maximum atomic E-state index is 4.05. The molecule has 0 spiro atoms. The van der Waals surface area contributed by atoms with Crippen molar-refractivity contribution in [2.75, 3.05) is 14.1 Å². The molecule has 1 saturated carbocycles. The lowest BCUT2D eigenvalue weighted by Crippen LogP contribution is -2.06. The predicted octanol–water partition coefficient (Wildman–Crippen LogP) is 2.56. The Morgan fingerprint density at radius 1 is 1.27 bits per heavy atom.